The normalized spacial score (nSPS) is 9.87. The molecule has 0 atom stereocenters. The van der Waals surface area contributed by atoms with Crippen LogP contribution in [0.25, 0.3) is 0 Å². The molecule has 3 rings (SSSR count). The van der Waals surface area contributed by atoms with Crippen LogP contribution in [0.2, 0.25) is 0 Å². The minimum Gasteiger partial charge on any atom is -0.356 e. The van der Waals surface area contributed by atoms with Gasteiger partial charge in [0.2, 0.25) is 11.8 Å². The lowest BCUT2D eigenvalue weighted by atomic mass is 10.2. The number of rotatable bonds is 8. The van der Waals surface area contributed by atoms with Crippen LogP contribution < -0.4 is 21.3 Å². The van der Waals surface area contributed by atoms with Crippen molar-refractivity contribution in [1.29, 1.82) is 0 Å². The van der Waals surface area contributed by atoms with Gasteiger partial charge in [-0.1, -0.05) is 13.2 Å². The van der Waals surface area contributed by atoms with Crippen molar-refractivity contribution in [2.45, 2.75) is 0 Å². The summed E-state index contributed by atoms with van der Waals surface area (Å²) in [7, 11) is 0. The second-order valence-electron chi connectivity index (χ2n) is 6.37. The van der Waals surface area contributed by atoms with Gasteiger partial charge >= 0.3 is 0 Å². The van der Waals surface area contributed by atoms with E-state index in [1.807, 2.05) is 72.8 Å². The van der Waals surface area contributed by atoms with E-state index in [1.165, 1.54) is 12.2 Å². The Morgan fingerprint density at radius 1 is 0.500 bits per heavy atom. The zero-order chi connectivity index (χ0) is 21.3. The number of anilines is 6. The van der Waals surface area contributed by atoms with Gasteiger partial charge in [0.25, 0.3) is 0 Å². The third kappa shape index (κ3) is 5.84. The van der Waals surface area contributed by atoms with Gasteiger partial charge in [-0.05, 0) is 84.9 Å². The average molecular weight is 398 g/mol. The number of hydrogen-bond acceptors (Lipinski definition) is 4. The van der Waals surface area contributed by atoms with Gasteiger partial charge in [-0.25, -0.2) is 0 Å². The second-order valence-corrected chi connectivity index (χ2v) is 6.37. The molecule has 3 aromatic carbocycles. The quantitative estimate of drug-likeness (QED) is 0.382. The molecule has 0 radical (unpaired) electrons. The first-order chi connectivity index (χ1) is 14.6. The van der Waals surface area contributed by atoms with Gasteiger partial charge in [0.1, 0.15) is 0 Å². The highest BCUT2D eigenvalue weighted by Crippen LogP contribution is 2.23. The average Bonchev–Trinajstić information content (AvgIpc) is 2.77. The lowest BCUT2D eigenvalue weighted by molar-refractivity contribution is -0.112. The van der Waals surface area contributed by atoms with Crippen molar-refractivity contribution in [1.82, 2.24) is 0 Å². The van der Waals surface area contributed by atoms with E-state index >= 15 is 0 Å². The van der Waals surface area contributed by atoms with E-state index in [0.29, 0.717) is 11.4 Å². The Bertz CT molecular complexity index is 954. The van der Waals surface area contributed by atoms with Crippen LogP contribution in [0, 0.1) is 0 Å². The van der Waals surface area contributed by atoms with Crippen LogP contribution in [0.1, 0.15) is 0 Å². The Hall–Kier alpha value is -4.32. The largest absolute Gasteiger partial charge is 0.356 e. The molecule has 0 bridgehead atoms. The summed E-state index contributed by atoms with van der Waals surface area (Å²) in [6, 6.07) is 22.7. The number of carbonyl (C=O) groups excluding carboxylic acids is 2. The van der Waals surface area contributed by atoms with Crippen molar-refractivity contribution in [3.05, 3.63) is 98.1 Å². The van der Waals surface area contributed by atoms with Gasteiger partial charge in [0, 0.05) is 34.1 Å². The van der Waals surface area contributed by atoms with E-state index in [9.17, 15) is 9.59 Å². The van der Waals surface area contributed by atoms with Gasteiger partial charge in [0.05, 0.1) is 0 Å². The summed E-state index contributed by atoms with van der Waals surface area (Å²) >= 11 is 0. The highest BCUT2D eigenvalue weighted by molar-refractivity contribution is 5.99. The van der Waals surface area contributed by atoms with Crippen molar-refractivity contribution < 1.29 is 9.59 Å². The molecule has 0 heterocycles. The summed E-state index contributed by atoms with van der Waals surface area (Å²) in [5, 5.41) is 12.0. The van der Waals surface area contributed by atoms with Crippen molar-refractivity contribution >= 4 is 45.9 Å². The Labute approximate surface area is 175 Å². The summed E-state index contributed by atoms with van der Waals surface area (Å²) in [5.41, 5.74) is 5.10. The Kier molecular flexibility index (Phi) is 6.63. The highest BCUT2D eigenvalue weighted by atomic mass is 16.2. The highest BCUT2D eigenvalue weighted by Gasteiger charge is 2.01. The van der Waals surface area contributed by atoms with Gasteiger partial charge in [-0.2, -0.15) is 0 Å². The van der Waals surface area contributed by atoms with E-state index < -0.39 is 0 Å². The van der Waals surface area contributed by atoms with Gasteiger partial charge < -0.3 is 21.3 Å². The van der Waals surface area contributed by atoms with Crippen LogP contribution in [0.3, 0.4) is 0 Å². The molecule has 0 aliphatic heterocycles. The van der Waals surface area contributed by atoms with Crippen LogP contribution in [0.15, 0.2) is 98.1 Å². The zero-order valence-corrected chi connectivity index (χ0v) is 16.3. The predicted molar refractivity (Wildman–Crippen MR) is 124 cm³/mol. The first-order valence-corrected chi connectivity index (χ1v) is 9.27. The van der Waals surface area contributed by atoms with E-state index in [4.69, 9.17) is 0 Å². The molecule has 0 fully saturated rings. The number of amides is 2. The first kappa shape index (κ1) is 20.4. The molecule has 0 aliphatic rings. The smallest absolute Gasteiger partial charge is 0.247 e. The van der Waals surface area contributed by atoms with Crippen molar-refractivity contribution in [3.8, 4) is 0 Å². The molecule has 6 heteroatoms. The molecule has 0 saturated carbocycles. The summed E-state index contributed by atoms with van der Waals surface area (Å²) in [6.07, 6.45) is 2.47. The fourth-order valence-corrected chi connectivity index (χ4v) is 2.63. The number of benzene rings is 3. The molecule has 0 spiro atoms. The Morgan fingerprint density at radius 3 is 0.967 bits per heavy atom. The maximum absolute atomic E-state index is 11.3. The van der Waals surface area contributed by atoms with Gasteiger partial charge in [0.15, 0.2) is 0 Å². The molecular formula is C24H22N4O2. The Morgan fingerprint density at radius 2 is 0.733 bits per heavy atom. The molecule has 6 nitrogen and oxygen atoms in total. The van der Waals surface area contributed by atoms with E-state index in [2.05, 4.69) is 34.4 Å². The molecule has 3 aromatic rings. The fraction of sp³-hybridized carbons (Fsp3) is 0. The minimum absolute atomic E-state index is 0.241. The lowest BCUT2D eigenvalue weighted by Crippen LogP contribution is -2.07. The molecule has 4 N–H and O–H groups in total. The molecular weight excluding hydrogens is 376 g/mol. The standard InChI is InChI=1S/C24H22N4O2/c1-3-23(29)27-21-13-9-19(10-14-21)25-17-5-7-18(8-6-17)26-20-11-15-22(16-12-20)28-24(30)4-2/h3-16,25-26H,1-2H2,(H,27,29)(H,28,30). The maximum atomic E-state index is 11.3. The van der Waals surface area contributed by atoms with Crippen LogP contribution in [0.5, 0.6) is 0 Å². The van der Waals surface area contributed by atoms with Crippen molar-refractivity contribution in [2.24, 2.45) is 0 Å². The molecule has 30 heavy (non-hydrogen) atoms. The number of nitrogens with one attached hydrogen (secondary N) is 4. The monoisotopic (exact) mass is 398 g/mol. The molecule has 0 aromatic heterocycles. The summed E-state index contributed by atoms with van der Waals surface area (Å²) in [4.78, 5) is 22.6. The van der Waals surface area contributed by atoms with Crippen molar-refractivity contribution in [3.63, 3.8) is 0 Å². The third-order valence-corrected chi connectivity index (χ3v) is 4.14. The van der Waals surface area contributed by atoms with E-state index in [1.54, 1.807) is 0 Å². The fourth-order valence-electron chi connectivity index (χ4n) is 2.63. The van der Waals surface area contributed by atoms with Gasteiger partial charge in [-0.3, -0.25) is 9.59 Å². The Balaban J connectivity index is 1.57. The SMILES string of the molecule is C=CC(=O)Nc1ccc(Nc2ccc(Nc3ccc(NC(=O)C=C)cc3)cc2)cc1. The molecule has 0 saturated heterocycles. The zero-order valence-electron chi connectivity index (χ0n) is 16.3. The van der Waals surface area contributed by atoms with Crippen LogP contribution in [-0.2, 0) is 9.59 Å². The van der Waals surface area contributed by atoms with Crippen LogP contribution in [-0.4, -0.2) is 11.8 Å². The first-order valence-electron chi connectivity index (χ1n) is 9.27. The molecule has 0 unspecified atom stereocenters. The lowest BCUT2D eigenvalue weighted by Gasteiger charge is -2.11. The van der Waals surface area contributed by atoms with Crippen LogP contribution in [0.4, 0.5) is 34.1 Å². The molecule has 0 aliphatic carbocycles. The van der Waals surface area contributed by atoms with Crippen LogP contribution >= 0.6 is 0 Å². The van der Waals surface area contributed by atoms with Gasteiger partial charge in [-0.15, -0.1) is 0 Å². The number of carbonyl (C=O) groups is 2. The maximum Gasteiger partial charge on any atom is 0.247 e. The minimum atomic E-state index is -0.241. The molecule has 150 valence electrons. The van der Waals surface area contributed by atoms with Crippen molar-refractivity contribution in [2.75, 3.05) is 21.3 Å². The topological polar surface area (TPSA) is 82.3 Å². The van der Waals surface area contributed by atoms with E-state index in [0.717, 1.165) is 22.7 Å². The molecule has 2 amide bonds. The summed E-state index contributed by atoms with van der Waals surface area (Å²) < 4.78 is 0. The second kappa shape index (κ2) is 9.75. The summed E-state index contributed by atoms with van der Waals surface area (Å²) in [6.45, 7) is 6.87. The third-order valence-electron chi connectivity index (χ3n) is 4.14. The number of hydrogen-bond donors (Lipinski definition) is 4. The predicted octanol–water partition coefficient (Wildman–Crippen LogP) is 5.42. The summed E-state index contributed by atoms with van der Waals surface area (Å²) in [5.74, 6) is -0.482. The van der Waals surface area contributed by atoms with E-state index in [-0.39, 0.29) is 11.8 Å².